The number of carbonyl (C=O) groups is 2. The Hall–Kier alpha value is -1.34. The first-order chi connectivity index (χ1) is 24.8. The van der Waals surface area contributed by atoms with Crippen LogP contribution in [0.5, 0.6) is 0 Å². The third-order valence-electron chi connectivity index (χ3n) is 10.5. The summed E-state index contributed by atoms with van der Waals surface area (Å²) in [5.74, 6) is 0.402. The molecule has 0 aromatic rings. The summed E-state index contributed by atoms with van der Waals surface area (Å²) in [4.78, 5) is 26.9. The zero-order valence-corrected chi connectivity index (χ0v) is 34.8. The molecule has 1 N–H and O–H groups in total. The van der Waals surface area contributed by atoms with E-state index >= 15 is 0 Å². The number of esters is 1. The molecule has 7 nitrogen and oxygen atoms in total. The first-order valence-electron chi connectivity index (χ1n) is 22.1. The molecule has 0 atom stereocenters. The number of nitrogens with zero attached hydrogens (tertiary/aromatic N) is 1. The zero-order valence-electron chi connectivity index (χ0n) is 34.8. The van der Waals surface area contributed by atoms with Gasteiger partial charge in [0.2, 0.25) is 0 Å². The van der Waals surface area contributed by atoms with Crippen LogP contribution >= 0.6 is 0 Å². The van der Waals surface area contributed by atoms with Gasteiger partial charge in [-0.2, -0.15) is 0 Å². The number of ether oxygens (including phenoxy) is 3. The summed E-state index contributed by atoms with van der Waals surface area (Å²) in [5.41, 5.74) is 0.123. The Morgan fingerprint density at radius 1 is 0.549 bits per heavy atom. The van der Waals surface area contributed by atoms with Gasteiger partial charge in [0.15, 0.2) is 0 Å². The lowest BCUT2D eigenvalue weighted by Crippen LogP contribution is -2.29. The molecule has 0 heterocycles. The van der Waals surface area contributed by atoms with Gasteiger partial charge in [-0.3, -0.25) is 4.79 Å². The van der Waals surface area contributed by atoms with Gasteiger partial charge in [0, 0.05) is 13.0 Å². The van der Waals surface area contributed by atoms with Crippen molar-refractivity contribution in [3.8, 4) is 0 Å². The molecule has 0 unspecified atom stereocenters. The van der Waals surface area contributed by atoms with Gasteiger partial charge in [0.1, 0.15) is 0 Å². The van der Waals surface area contributed by atoms with E-state index in [1.807, 2.05) is 0 Å². The number of unbranched alkanes of at least 4 members (excludes halogenated alkanes) is 18. The van der Waals surface area contributed by atoms with Gasteiger partial charge < -0.3 is 24.2 Å². The van der Waals surface area contributed by atoms with Gasteiger partial charge in [0.05, 0.1) is 26.4 Å². The molecule has 0 aliphatic heterocycles. The number of aliphatic hydroxyl groups is 1. The molecule has 0 aliphatic carbocycles. The van der Waals surface area contributed by atoms with Crippen molar-refractivity contribution < 1.29 is 28.9 Å². The minimum absolute atomic E-state index is 0.0505. The molecule has 0 rings (SSSR count). The first-order valence-corrected chi connectivity index (χ1v) is 22.1. The topological polar surface area (TPSA) is 85.3 Å². The largest absolute Gasteiger partial charge is 0.508 e. The normalized spacial score (nSPS) is 11.8. The summed E-state index contributed by atoms with van der Waals surface area (Å²) in [6.07, 6.45) is 31.9. The first kappa shape index (κ1) is 49.7. The third kappa shape index (κ3) is 35.5. The summed E-state index contributed by atoms with van der Waals surface area (Å²) in [5, 5.41) is 9.58. The molecule has 7 heteroatoms. The molecule has 0 fully saturated rings. The summed E-state index contributed by atoms with van der Waals surface area (Å²) >= 11 is 0. The Kier molecular flexibility index (Phi) is 36.0. The highest BCUT2D eigenvalue weighted by Crippen LogP contribution is 2.29. The van der Waals surface area contributed by atoms with E-state index in [9.17, 15) is 14.7 Å². The molecule has 0 aromatic heterocycles. The van der Waals surface area contributed by atoms with E-state index in [1.165, 1.54) is 96.3 Å². The van der Waals surface area contributed by atoms with Crippen molar-refractivity contribution in [1.82, 2.24) is 4.90 Å². The lowest BCUT2D eigenvalue weighted by molar-refractivity contribution is -0.144. The second kappa shape index (κ2) is 37.0. The molecule has 51 heavy (non-hydrogen) atoms. The molecule has 0 radical (unpaired) electrons. The summed E-state index contributed by atoms with van der Waals surface area (Å²) in [6, 6.07) is 0. The minimum Gasteiger partial charge on any atom is -0.466 e. The minimum atomic E-state index is -0.506. The van der Waals surface area contributed by atoms with Crippen LogP contribution < -0.4 is 0 Å². The monoisotopic (exact) mass is 726 g/mol. The van der Waals surface area contributed by atoms with Gasteiger partial charge in [-0.25, -0.2) is 4.79 Å². The smallest absolute Gasteiger partial charge is 0.466 e. The van der Waals surface area contributed by atoms with Crippen LogP contribution in [0.3, 0.4) is 0 Å². The standard InChI is InChI=1S/C44H87NO6/c1-6-9-12-15-16-20-27-38-49-42(47)31-33-44(4,5)32-24-26-35-45(36-37-46)34-25-19-21-28-39-50-43(48)51-40-41(29-22-17-13-10-7-2)30-23-18-14-11-8-3/h41,46H,6-40H2,1-5H3. The Labute approximate surface area is 317 Å². The number of hydrogen-bond acceptors (Lipinski definition) is 7. The number of rotatable bonds is 39. The molecule has 0 saturated heterocycles. The van der Waals surface area contributed by atoms with Crippen LogP contribution in [0.1, 0.15) is 214 Å². The number of carbonyl (C=O) groups excluding carboxylic acids is 2. The molecule has 0 aliphatic rings. The van der Waals surface area contributed by atoms with Crippen LogP contribution in [0.15, 0.2) is 0 Å². The van der Waals surface area contributed by atoms with Crippen LogP contribution in [0.25, 0.3) is 0 Å². The van der Waals surface area contributed by atoms with Gasteiger partial charge in [-0.05, 0) is 75.8 Å². The highest BCUT2D eigenvalue weighted by Gasteiger charge is 2.20. The van der Waals surface area contributed by atoms with Crippen LogP contribution in [0.4, 0.5) is 4.79 Å². The second-order valence-electron chi connectivity index (χ2n) is 16.1. The quantitative estimate of drug-likeness (QED) is 0.0499. The van der Waals surface area contributed by atoms with E-state index in [4.69, 9.17) is 14.2 Å². The van der Waals surface area contributed by atoms with Crippen molar-refractivity contribution in [2.45, 2.75) is 214 Å². The molecule has 0 amide bonds. The molecular formula is C44H87NO6. The molecule has 304 valence electrons. The Bertz CT molecular complexity index is 746. The van der Waals surface area contributed by atoms with Crippen molar-refractivity contribution >= 4 is 12.1 Å². The predicted octanol–water partition coefficient (Wildman–Crippen LogP) is 12.6. The van der Waals surface area contributed by atoms with Gasteiger partial charge in [0.25, 0.3) is 0 Å². The van der Waals surface area contributed by atoms with Crippen LogP contribution in [0.2, 0.25) is 0 Å². The maximum Gasteiger partial charge on any atom is 0.508 e. The van der Waals surface area contributed by atoms with E-state index in [-0.39, 0.29) is 18.0 Å². The highest BCUT2D eigenvalue weighted by atomic mass is 16.7. The summed E-state index contributed by atoms with van der Waals surface area (Å²) in [7, 11) is 0. The molecule has 0 aromatic carbocycles. The molecular weight excluding hydrogens is 638 g/mol. The van der Waals surface area contributed by atoms with Crippen molar-refractivity contribution in [2.24, 2.45) is 11.3 Å². The number of aliphatic hydroxyl groups excluding tert-OH is 1. The second-order valence-corrected chi connectivity index (χ2v) is 16.1. The maximum atomic E-state index is 12.3. The Morgan fingerprint density at radius 3 is 1.57 bits per heavy atom. The molecule has 0 spiro atoms. The maximum absolute atomic E-state index is 12.3. The Balaban J connectivity index is 4.05. The molecule has 0 bridgehead atoms. The van der Waals surface area contributed by atoms with E-state index in [2.05, 4.69) is 39.5 Å². The molecule has 0 saturated carbocycles. The Morgan fingerprint density at radius 2 is 1.02 bits per heavy atom. The average Bonchev–Trinajstić information content (AvgIpc) is 3.11. The van der Waals surface area contributed by atoms with Gasteiger partial charge >= 0.3 is 12.1 Å². The fraction of sp³-hybridized carbons (Fsp3) is 0.955. The van der Waals surface area contributed by atoms with E-state index in [1.54, 1.807) is 0 Å². The predicted molar refractivity (Wildman–Crippen MR) is 215 cm³/mol. The van der Waals surface area contributed by atoms with Crippen LogP contribution in [0, 0.1) is 11.3 Å². The zero-order chi connectivity index (χ0) is 37.7. The van der Waals surface area contributed by atoms with Crippen molar-refractivity contribution in [2.75, 3.05) is 46.1 Å². The van der Waals surface area contributed by atoms with Crippen LogP contribution in [-0.2, 0) is 19.0 Å². The van der Waals surface area contributed by atoms with Crippen LogP contribution in [-0.4, -0.2) is 68.2 Å². The lowest BCUT2D eigenvalue weighted by atomic mass is 9.82. The van der Waals surface area contributed by atoms with Crippen molar-refractivity contribution in [3.05, 3.63) is 0 Å². The lowest BCUT2D eigenvalue weighted by Gasteiger charge is -2.25. The van der Waals surface area contributed by atoms with Gasteiger partial charge in [-0.15, -0.1) is 0 Å². The fourth-order valence-electron chi connectivity index (χ4n) is 6.86. The van der Waals surface area contributed by atoms with E-state index < -0.39 is 6.16 Å². The van der Waals surface area contributed by atoms with E-state index in [0.717, 1.165) is 90.1 Å². The van der Waals surface area contributed by atoms with Crippen molar-refractivity contribution in [3.63, 3.8) is 0 Å². The summed E-state index contributed by atoms with van der Waals surface area (Å²) < 4.78 is 16.5. The fourth-order valence-corrected chi connectivity index (χ4v) is 6.86. The summed E-state index contributed by atoms with van der Waals surface area (Å²) in [6.45, 7) is 15.6. The SMILES string of the molecule is CCCCCCCCCOC(=O)CCC(C)(C)CCCCN(CCO)CCCCCCOC(=O)OCC(CCCCCCC)CCCCCCC. The van der Waals surface area contributed by atoms with Gasteiger partial charge in [-0.1, -0.05) is 157 Å². The van der Waals surface area contributed by atoms with E-state index in [0.29, 0.717) is 38.7 Å². The third-order valence-corrected chi connectivity index (χ3v) is 10.5. The highest BCUT2D eigenvalue weighted by molar-refractivity contribution is 5.69. The average molecular weight is 726 g/mol. The van der Waals surface area contributed by atoms with Crippen molar-refractivity contribution in [1.29, 1.82) is 0 Å². The number of hydrogen-bond donors (Lipinski definition) is 1.